The highest BCUT2D eigenvalue weighted by Gasteiger charge is 2.35. The minimum Gasteiger partial charge on any atom is -0.501 e. The molecule has 0 aliphatic rings. The summed E-state index contributed by atoms with van der Waals surface area (Å²) in [6.45, 7) is 4.00. The lowest BCUT2D eigenvalue weighted by molar-refractivity contribution is 0.474. The standard InChI is InChI=1S/C37H28N4O8S2/c1-3-37(4-2,22-12-14-23(15-13-22)49-51(47,48)33-11-7-9-27-25(33)16-19-30(40-38)35(27)42)29-10-6-5-8-24(29)26-18-21-32(50(44,45)46)28-17-20-31(41-39)36(43)34(26)28/h5-21H,3-4H2,1-2H3,(H-2,42,43,44,45,46)/p+2. The van der Waals surface area contributed by atoms with E-state index in [2.05, 4.69) is 9.95 Å². The third-order valence-corrected chi connectivity index (χ3v) is 11.6. The van der Waals surface area contributed by atoms with Crippen LogP contribution in [0.25, 0.3) is 42.6 Å². The summed E-state index contributed by atoms with van der Waals surface area (Å²) in [5.41, 5.74) is 1.70. The van der Waals surface area contributed by atoms with Crippen molar-refractivity contribution in [1.82, 2.24) is 0 Å². The average Bonchev–Trinajstić information content (AvgIpc) is 3.12. The number of hydrogen-bond donors (Lipinski definition) is 3. The summed E-state index contributed by atoms with van der Waals surface area (Å²) in [4.78, 5) is 5.54. The summed E-state index contributed by atoms with van der Waals surface area (Å²) in [6.07, 6.45) is 1.15. The third kappa shape index (κ3) is 5.85. The van der Waals surface area contributed by atoms with Crippen LogP contribution in [-0.4, -0.2) is 31.6 Å². The SMILES string of the molecule is CCC(CC)(c1ccc(OS(=O)(=O)c2cccc3c(O)c([N+]#N)ccc23)cc1)c1ccccc1-c1ccc(S(=O)(=O)O)c2ccc([N+]#N)c(O)c12. The third-order valence-electron chi connectivity index (χ3n) is 9.38. The highest BCUT2D eigenvalue weighted by molar-refractivity contribution is 7.87. The summed E-state index contributed by atoms with van der Waals surface area (Å²) in [5.74, 6) is -0.821. The van der Waals surface area contributed by atoms with Crippen LogP contribution in [0.15, 0.2) is 113 Å². The number of hydrogen-bond acceptors (Lipinski definition) is 9. The molecule has 0 unspecified atom stereocenters. The van der Waals surface area contributed by atoms with Crippen LogP contribution >= 0.6 is 0 Å². The van der Waals surface area contributed by atoms with Gasteiger partial charge >= 0.3 is 21.5 Å². The Labute approximate surface area is 293 Å². The second kappa shape index (κ2) is 13.0. The maximum absolute atomic E-state index is 13.5. The zero-order valence-corrected chi connectivity index (χ0v) is 28.9. The largest absolute Gasteiger partial charge is 0.501 e. The number of nitrogens with zero attached hydrogens (tertiary/aromatic N) is 4. The van der Waals surface area contributed by atoms with E-state index in [-0.39, 0.29) is 49.3 Å². The summed E-state index contributed by atoms with van der Waals surface area (Å²) in [6, 6.07) is 26.3. The molecule has 0 bridgehead atoms. The first kappa shape index (κ1) is 34.8. The monoisotopic (exact) mass is 722 g/mol. The predicted octanol–water partition coefficient (Wildman–Crippen LogP) is 9.16. The van der Waals surface area contributed by atoms with Crippen molar-refractivity contribution in [3.8, 4) is 28.4 Å². The highest BCUT2D eigenvalue weighted by Crippen LogP contribution is 2.48. The van der Waals surface area contributed by atoms with Gasteiger partial charge < -0.3 is 14.4 Å². The first-order valence-corrected chi connectivity index (χ1v) is 18.5. The van der Waals surface area contributed by atoms with Crippen LogP contribution < -0.4 is 4.18 Å². The molecule has 14 heteroatoms. The zero-order chi connectivity index (χ0) is 36.7. The molecular weight excluding hydrogens is 693 g/mol. The number of benzene rings is 6. The first-order chi connectivity index (χ1) is 24.3. The highest BCUT2D eigenvalue weighted by atomic mass is 32.2. The van der Waals surface area contributed by atoms with Crippen molar-refractivity contribution < 1.29 is 35.8 Å². The molecule has 0 amide bonds. The normalized spacial score (nSPS) is 12.0. The Bertz CT molecular complexity index is 2680. The van der Waals surface area contributed by atoms with E-state index in [0.717, 1.165) is 11.1 Å². The van der Waals surface area contributed by atoms with Gasteiger partial charge in [-0.25, -0.2) is 0 Å². The number of phenolic OH excluding ortho intramolecular Hbond substituents is 2. The van der Waals surface area contributed by atoms with Crippen molar-refractivity contribution in [2.24, 2.45) is 0 Å². The fourth-order valence-corrected chi connectivity index (χ4v) is 8.69. The van der Waals surface area contributed by atoms with Gasteiger partial charge in [-0.3, -0.25) is 4.55 Å². The molecule has 6 rings (SSSR count). The van der Waals surface area contributed by atoms with Gasteiger partial charge in [-0.15, -0.1) is 0 Å². The molecule has 0 fully saturated rings. The summed E-state index contributed by atoms with van der Waals surface area (Å²) >= 11 is 0. The number of phenols is 2. The van der Waals surface area contributed by atoms with Gasteiger partial charge in [0.2, 0.25) is 22.3 Å². The fourth-order valence-electron chi connectivity index (χ4n) is 6.85. The van der Waals surface area contributed by atoms with Crippen LogP contribution in [0.3, 0.4) is 0 Å². The lowest BCUT2D eigenvalue weighted by atomic mass is 9.68. The molecule has 6 aromatic rings. The predicted molar refractivity (Wildman–Crippen MR) is 192 cm³/mol. The molecule has 12 nitrogen and oxygen atoms in total. The van der Waals surface area contributed by atoms with Gasteiger partial charge in [-0.1, -0.05) is 68.4 Å². The minimum atomic E-state index is -4.69. The molecule has 0 saturated heterocycles. The minimum absolute atomic E-state index is 0.0289. The van der Waals surface area contributed by atoms with E-state index in [9.17, 15) is 37.0 Å². The van der Waals surface area contributed by atoms with E-state index >= 15 is 0 Å². The Morgan fingerprint density at radius 2 is 1.27 bits per heavy atom. The van der Waals surface area contributed by atoms with Crippen molar-refractivity contribution in [2.45, 2.75) is 41.9 Å². The van der Waals surface area contributed by atoms with Gasteiger partial charge in [-0.05, 0) is 71.5 Å². The summed E-state index contributed by atoms with van der Waals surface area (Å²) < 4.78 is 67.1. The Balaban J connectivity index is 1.45. The molecule has 0 atom stereocenters. The molecule has 256 valence electrons. The van der Waals surface area contributed by atoms with E-state index in [1.807, 2.05) is 32.0 Å². The molecule has 0 aliphatic heterocycles. The van der Waals surface area contributed by atoms with Crippen molar-refractivity contribution in [1.29, 1.82) is 10.8 Å². The Morgan fingerprint density at radius 1 is 0.647 bits per heavy atom. The van der Waals surface area contributed by atoms with Crippen molar-refractivity contribution >= 4 is 53.2 Å². The van der Waals surface area contributed by atoms with Crippen LogP contribution in [0.4, 0.5) is 11.4 Å². The number of rotatable bonds is 9. The molecule has 3 N–H and O–H groups in total. The maximum Gasteiger partial charge on any atom is 0.426 e. The molecule has 0 heterocycles. The van der Waals surface area contributed by atoms with E-state index in [1.165, 1.54) is 66.7 Å². The molecule has 0 aromatic heterocycles. The summed E-state index contributed by atoms with van der Waals surface area (Å²) in [5, 5.41) is 40.8. The zero-order valence-electron chi connectivity index (χ0n) is 27.2. The van der Waals surface area contributed by atoms with E-state index in [4.69, 9.17) is 9.58 Å². The number of aromatic hydroxyl groups is 2. The number of diazo groups is 2. The average molecular weight is 723 g/mol. The van der Waals surface area contributed by atoms with E-state index < -0.39 is 36.3 Å². The Morgan fingerprint density at radius 3 is 1.90 bits per heavy atom. The molecule has 0 spiro atoms. The van der Waals surface area contributed by atoms with Crippen LogP contribution in [0, 0.1) is 10.8 Å². The molecule has 0 aliphatic carbocycles. The van der Waals surface area contributed by atoms with Gasteiger partial charge in [0.15, 0.2) is 9.95 Å². The smallest absolute Gasteiger partial charge is 0.426 e. The van der Waals surface area contributed by atoms with Gasteiger partial charge in [0.05, 0.1) is 0 Å². The van der Waals surface area contributed by atoms with Crippen molar-refractivity contribution in [2.75, 3.05) is 0 Å². The fraction of sp³-hybridized carbons (Fsp3) is 0.135. The van der Waals surface area contributed by atoms with Gasteiger partial charge in [0, 0.05) is 39.1 Å². The molecule has 51 heavy (non-hydrogen) atoms. The quantitative estimate of drug-likeness (QED) is 0.0735. The van der Waals surface area contributed by atoms with Crippen LogP contribution in [-0.2, 0) is 25.7 Å². The van der Waals surface area contributed by atoms with Crippen LogP contribution in [0.2, 0.25) is 0 Å². The van der Waals surface area contributed by atoms with Gasteiger partial charge in [0.1, 0.15) is 15.5 Å². The molecule has 0 saturated carbocycles. The number of fused-ring (bicyclic) bond motifs is 2. The topological polar surface area (TPSA) is 194 Å². The Kier molecular flexibility index (Phi) is 8.87. The molecule has 6 aromatic carbocycles. The maximum atomic E-state index is 13.5. The van der Waals surface area contributed by atoms with Crippen LogP contribution in [0.5, 0.6) is 17.2 Å². The van der Waals surface area contributed by atoms with Crippen molar-refractivity contribution in [3.05, 3.63) is 124 Å². The van der Waals surface area contributed by atoms with E-state index in [1.54, 1.807) is 18.2 Å². The van der Waals surface area contributed by atoms with E-state index in [0.29, 0.717) is 24.0 Å². The second-order valence-electron chi connectivity index (χ2n) is 11.8. The first-order valence-electron chi connectivity index (χ1n) is 15.7. The lowest BCUT2D eigenvalue weighted by Gasteiger charge is -2.35. The van der Waals surface area contributed by atoms with Crippen molar-refractivity contribution in [3.63, 3.8) is 0 Å². The van der Waals surface area contributed by atoms with Gasteiger partial charge in [0.25, 0.3) is 10.1 Å². The summed E-state index contributed by atoms with van der Waals surface area (Å²) in [7, 11) is -9.08. The Hall–Kier alpha value is -6.06. The molecular formula is C37H30N4O8S2+2. The lowest BCUT2D eigenvalue weighted by Crippen LogP contribution is -2.27. The van der Waals surface area contributed by atoms with Gasteiger partial charge in [-0.2, -0.15) is 16.8 Å². The second-order valence-corrected chi connectivity index (χ2v) is 14.7. The molecule has 0 radical (unpaired) electrons. The van der Waals surface area contributed by atoms with Crippen LogP contribution in [0.1, 0.15) is 37.8 Å².